The van der Waals surface area contributed by atoms with Crippen molar-refractivity contribution in [3.63, 3.8) is 0 Å². The Morgan fingerprint density at radius 3 is 2.87 bits per heavy atom. The molecular formula is C18H20N2O2S. The van der Waals surface area contributed by atoms with E-state index < -0.39 is 0 Å². The van der Waals surface area contributed by atoms with Crippen molar-refractivity contribution in [2.75, 3.05) is 27.2 Å². The summed E-state index contributed by atoms with van der Waals surface area (Å²) >= 11 is 1.71. The Bertz CT molecular complexity index is 708. The van der Waals surface area contributed by atoms with Gasteiger partial charge in [0.2, 0.25) is 0 Å². The number of carbonyl (C=O) groups excluding carboxylic acids is 1. The number of amides is 1. The molecule has 0 fully saturated rings. The fraction of sp³-hybridized carbons (Fsp3) is 0.278. The van der Waals surface area contributed by atoms with Crippen LogP contribution in [0.2, 0.25) is 0 Å². The third kappa shape index (κ3) is 3.63. The molecule has 4 nitrogen and oxygen atoms in total. The minimum Gasteiger partial charge on any atom is -0.488 e. The summed E-state index contributed by atoms with van der Waals surface area (Å²) in [6.45, 7) is 0.889. The lowest BCUT2D eigenvalue weighted by molar-refractivity contribution is -0.118. The normalized spacial score (nSPS) is 14.7. The zero-order chi connectivity index (χ0) is 16.2. The molecule has 0 saturated carbocycles. The molecule has 0 radical (unpaired) electrons. The minimum atomic E-state index is -0.0668. The number of hydrogen-bond donors (Lipinski definition) is 1. The average Bonchev–Trinajstić information content (AvgIpc) is 3.08. The first-order valence-corrected chi connectivity index (χ1v) is 8.43. The van der Waals surface area contributed by atoms with E-state index in [1.54, 1.807) is 11.3 Å². The monoisotopic (exact) mass is 328 g/mol. The van der Waals surface area contributed by atoms with Crippen LogP contribution in [0.4, 0.5) is 0 Å². The van der Waals surface area contributed by atoms with Crippen LogP contribution in [-0.4, -0.2) is 38.1 Å². The van der Waals surface area contributed by atoms with E-state index in [4.69, 9.17) is 4.74 Å². The SMILES string of the molecule is CN(C)[C@H](CNC(=O)C1=Cc2ccccc2OC1)c1cccs1. The highest BCUT2D eigenvalue weighted by Gasteiger charge is 2.20. The lowest BCUT2D eigenvalue weighted by Gasteiger charge is -2.24. The molecule has 1 aliphatic rings. The number of nitrogens with zero attached hydrogens (tertiary/aromatic N) is 1. The molecule has 0 saturated heterocycles. The fourth-order valence-electron chi connectivity index (χ4n) is 2.57. The summed E-state index contributed by atoms with van der Waals surface area (Å²) in [5, 5.41) is 5.09. The molecular weight excluding hydrogens is 308 g/mol. The lowest BCUT2D eigenvalue weighted by Crippen LogP contribution is -2.36. The van der Waals surface area contributed by atoms with Crippen molar-refractivity contribution in [1.29, 1.82) is 0 Å². The van der Waals surface area contributed by atoms with Gasteiger partial charge in [-0.1, -0.05) is 24.3 Å². The number of likely N-dealkylation sites (N-methyl/N-ethyl adjacent to an activating group) is 1. The first kappa shape index (κ1) is 15.8. The number of rotatable bonds is 5. The quantitative estimate of drug-likeness (QED) is 0.917. The second-order valence-electron chi connectivity index (χ2n) is 5.70. The summed E-state index contributed by atoms with van der Waals surface area (Å²) in [6.07, 6.45) is 1.91. The molecule has 0 spiro atoms. The number of ether oxygens (including phenoxy) is 1. The van der Waals surface area contributed by atoms with Gasteiger partial charge >= 0.3 is 0 Å². The molecule has 0 aliphatic carbocycles. The van der Waals surface area contributed by atoms with Crippen molar-refractivity contribution in [3.05, 3.63) is 57.8 Å². The average molecular weight is 328 g/mol. The highest BCUT2D eigenvalue weighted by Crippen LogP contribution is 2.26. The van der Waals surface area contributed by atoms with E-state index in [9.17, 15) is 4.79 Å². The van der Waals surface area contributed by atoms with Crippen molar-refractivity contribution in [2.24, 2.45) is 0 Å². The second-order valence-corrected chi connectivity index (χ2v) is 6.68. The minimum absolute atomic E-state index is 0.0668. The summed E-state index contributed by atoms with van der Waals surface area (Å²) in [6, 6.07) is 12.1. The molecule has 1 aliphatic heterocycles. The largest absolute Gasteiger partial charge is 0.488 e. The Labute approximate surface area is 140 Å². The van der Waals surface area contributed by atoms with Crippen LogP contribution in [-0.2, 0) is 4.79 Å². The van der Waals surface area contributed by atoms with Crippen molar-refractivity contribution in [2.45, 2.75) is 6.04 Å². The molecule has 0 bridgehead atoms. The summed E-state index contributed by atoms with van der Waals surface area (Å²) < 4.78 is 5.65. The molecule has 5 heteroatoms. The Kier molecular flexibility index (Phi) is 4.79. The van der Waals surface area contributed by atoms with Gasteiger partial charge in [0.05, 0.1) is 11.6 Å². The number of thiophene rings is 1. The van der Waals surface area contributed by atoms with Gasteiger partial charge in [-0.3, -0.25) is 4.79 Å². The highest BCUT2D eigenvalue weighted by atomic mass is 32.1. The molecule has 2 heterocycles. The van der Waals surface area contributed by atoms with Gasteiger partial charge in [0.15, 0.2) is 0 Å². The lowest BCUT2D eigenvalue weighted by atomic mass is 10.1. The highest BCUT2D eigenvalue weighted by molar-refractivity contribution is 7.10. The molecule has 2 aromatic rings. The van der Waals surface area contributed by atoms with E-state index >= 15 is 0 Å². The van der Waals surface area contributed by atoms with E-state index in [1.807, 2.05) is 50.5 Å². The third-order valence-electron chi connectivity index (χ3n) is 3.87. The van der Waals surface area contributed by atoms with Crippen molar-refractivity contribution < 1.29 is 9.53 Å². The van der Waals surface area contributed by atoms with E-state index in [0.717, 1.165) is 11.3 Å². The Morgan fingerprint density at radius 1 is 1.30 bits per heavy atom. The zero-order valence-corrected chi connectivity index (χ0v) is 14.1. The van der Waals surface area contributed by atoms with Crippen LogP contribution < -0.4 is 10.1 Å². The summed E-state index contributed by atoms with van der Waals surface area (Å²) in [7, 11) is 4.05. The number of hydrogen-bond acceptors (Lipinski definition) is 4. The van der Waals surface area contributed by atoms with Gasteiger partial charge in [0, 0.05) is 17.0 Å². The number of fused-ring (bicyclic) bond motifs is 1. The molecule has 23 heavy (non-hydrogen) atoms. The number of carbonyl (C=O) groups is 1. The van der Waals surface area contributed by atoms with Gasteiger partial charge in [-0.25, -0.2) is 0 Å². The first-order chi connectivity index (χ1) is 11.1. The summed E-state index contributed by atoms with van der Waals surface area (Å²) in [4.78, 5) is 15.8. The van der Waals surface area contributed by atoms with Crippen LogP contribution in [0.5, 0.6) is 5.75 Å². The Balaban J connectivity index is 1.67. The molecule has 1 aromatic heterocycles. The van der Waals surface area contributed by atoms with Gasteiger partial charge in [-0.05, 0) is 37.7 Å². The maximum atomic E-state index is 12.4. The molecule has 0 unspecified atom stereocenters. The van der Waals surface area contributed by atoms with Crippen LogP contribution in [0, 0.1) is 0 Å². The maximum Gasteiger partial charge on any atom is 0.250 e. The fourth-order valence-corrected chi connectivity index (χ4v) is 3.49. The Hall–Kier alpha value is -2.11. The van der Waals surface area contributed by atoms with E-state index in [2.05, 4.69) is 21.7 Å². The van der Waals surface area contributed by atoms with Crippen LogP contribution in [0.1, 0.15) is 16.5 Å². The van der Waals surface area contributed by atoms with E-state index in [1.165, 1.54) is 4.88 Å². The van der Waals surface area contributed by atoms with Crippen molar-refractivity contribution >= 4 is 23.3 Å². The molecule has 3 rings (SSSR count). The van der Waals surface area contributed by atoms with Crippen LogP contribution >= 0.6 is 11.3 Å². The van der Waals surface area contributed by atoms with Crippen LogP contribution in [0.25, 0.3) is 6.08 Å². The van der Waals surface area contributed by atoms with Crippen LogP contribution in [0.3, 0.4) is 0 Å². The zero-order valence-electron chi connectivity index (χ0n) is 13.3. The topological polar surface area (TPSA) is 41.6 Å². The maximum absolute atomic E-state index is 12.4. The smallest absolute Gasteiger partial charge is 0.250 e. The molecule has 1 amide bonds. The number of para-hydroxylation sites is 1. The van der Waals surface area contributed by atoms with Gasteiger partial charge in [0.1, 0.15) is 12.4 Å². The molecule has 1 N–H and O–H groups in total. The number of nitrogens with one attached hydrogen (secondary N) is 1. The Morgan fingerprint density at radius 2 is 2.13 bits per heavy atom. The number of benzene rings is 1. The second kappa shape index (κ2) is 6.98. The van der Waals surface area contributed by atoms with Gasteiger partial charge in [-0.2, -0.15) is 0 Å². The van der Waals surface area contributed by atoms with Crippen molar-refractivity contribution in [3.8, 4) is 5.75 Å². The van der Waals surface area contributed by atoms with Gasteiger partial charge in [-0.15, -0.1) is 11.3 Å². The van der Waals surface area contributed by atoms with Gasteiger partial charge < -0.3 is 15.0 Å². The summed E-state index contributed by atoms with van der Waals surface area (Å²) in [5.74, 6) is 0.761. The predicted octanol–water partition coefficient (Wildman–Crippen LogP) is 2.94. The van der Waals surface area contributed by atoms with Crippen molar-refractivity contribution in [1.82, 2.24) is 10.2 Å². The molecule has 1 atom stereocenters. The standard InChI is InChI=1S/C18H20N2O2S/c1-20(2)15(17-8-5-9-23-17)11-19-18(21)14-10-13-6-3-4-7-16(13)22-12-14/h3-10,15H,11-12H2,1-2H3,(H,19,21)/t15-/m1/s1. The summed E-state index contributed by atoms with van der Waals surface area (Å²) in [5.41, 5.74) is 1.61. The molecule has 1 aromatic carbocycles. The third-order valence-corrected chi connectivity index (χ3v) is 4.85. The van der Waals surface area contributed by atoms with E-state index in [0.29, 0.717) is 18.7 Å². The van der Waals surface area contributed by atoms with Gasteiger partial charge in [0.25, 0.3) is 5.91 Å². The van der Waals surface area contributed by atoms with Crippen LogP contribution in [0.15, 0.2) is 47.4 Å². The molecule has 120 valence electrons. The first-order valence-electron chi connectivity index (χ1n) is 7.55. The predicted molar refractivity (Wildman–Crippen MR) is 93.7 cm³/mol. The van der Waals surface area contributed by atoms with E-state index in [-0.39, 0.29) is 11.9 Å².